The van der Waals surface area contributed by atoms with Crippen molar-refractivity contribution in [3.05, 3.63) is 0 Å². The average Bonchev–Trinajstić information content (AvgIpc) is 1.61. The highest BCUT2D eigenvalue weighted by Gasteiger charge is 1.90. The van der Waals surface area contributed by atoms with Crippen molar-refractivity contribution in [2.24, 2.45) is 0 Å². The molecule has 0 saturated heterocycles. The van der Waals surface area contributed by atoms with E-state index >= 15 is 0 Å². The Hall–Kier alpha value is 0.650. The molecule has 2 nitrogen and oxygen atoms in total. The highest BCUT2D eigenvalue weighted by Crippen LogP contribution is 1.86. The van der Waals surface area contributed by atoms with Gasteiger partial charge in [0.2, 0.25) is 0 Å². The molecule has 0 heterocycles. The van der Waals surface area contributed by atoms with Crippen LogP contribution in [-0.2, 0) is 0 Å². The Morgan fingerprint density at radius 1 is 1.86 bits per heavy atom. The smallest absolute Gasteiger partial charge is 0.0524 e. The van der Waals surface area contributed by atoms with Gasteiger partial charge in [-0.05, 0) is 13.3 Å². The summed E-state index contributed by atoms with van der Waals surface area (Å²) in [6.45, 7) is 2.67. The number of halogens is 1. The molecule has 0 fully saturated rings. The molecule has 0 aromatic heterocycles. The fraction of sp³-hybridized carbons (Fsp3) is 1.00. The second-order valence-corrected chi connectivity index (χ2v) is 2.28. The fourth-order valence-corrected chi connectivity index (χ4v) is 0.575. The van der Waals surface area contributed by atoms with Gasteiger partial charge in [-0.2, -0.15) is 0 Å². The van der Waals surface area contributed by atoms with Crippen LogP contribution in [0.3, 0.4) is 0 Å². The molecule has 0 aromatic rings. The van der Waals surface area contributed by atoms with Crippen LogP contribution in [0, 0.1) is 0 Å². The second kappa shape index (κ2) is 4.80. The van der Waals surface area contributed by atoms with E-state index < -0.39 is 0 Å². The lowest BCUT2D eigenvalue weighted by Gasteiger charge is -1.98. The summed E-state index contributed by atoms with van der Waals surface area (Å²) in [5.41, 5.74) is 0. The van der Waals surface area contributed by atoms with E-state index in [1.807, 2.05) is 0 Å². The molecule has 0 aromatic carbocycles. The normalized spacial score (nSPS) is 14.1. The van der Waals surface area contributed by atoms with Gasteiger partial charge in [-0.3, -0.25) is 3.53 Å². The van der Waals surface area contributed by atoms with E-state index in [1.54, 1.807) is 6.92 Å². The first kappa shape index (κ1) is 7.65. The van der Waals surface area contributed by atoms with Gasteiger partial charge in [0.05, 0.1) is 6.10 Å². The Morgan fingerprint density at radius 2 is 2.43 bits per heavy atom. The van der Waals surface area contributed by atoms with Crippen LogP contribution in [0.15, 0.2) is 0 Å². The van der Waals surface area contributed by atoms with E-state index in [4.69, 9.17) is 5.11 Å². The third-order valence-electron chi connectivity index (χ3n) is 0.657. The van der Waals surface area contributed by atoms with Crippen LogP contribution in [0.4, 0.5) is 0 Å². The van der Waals surface area contributed by atoms with E-state index in [-0.39, 0.29) is 6.10 Å². The molecule has 0 amide bonds. The van der Waals surface area contributed by atoms with Crippen molar-refractivity contribution in [1.29, 1.82) is 0 Å². The average molecular weight is 215 g/mol. The summed E-state index contributed by atoms with van der Waals surface area (Å²) in [7, 11) is 0. The molecule has 0 rings (SSSR count). The van der Waals surface area contributed by atoms with Gasteiger partial charge in [0.25, 0.3) is 0 Å². The molecule has 0 aliphatic rings. The third-order valence-corrected chi connectivity index (χ3v) is 1.20. The molecule has 1 atom stereocenters. The van der Waals surface area contributed by atoms with Gasteiger partial charge in [0, 0.05) is 29.4 Å². The number of aliphatic hydroxyl groups is 1. The molecule has 7 heavy (non-hydrogen) atoms. The summed E-state index contributed by atoms with van der Waals surface area (Å²) in [4.78, 5) is 0. The molecule has 0 saturated carbocycles. The summed E-state index contributed by atoms with van der Waals surface area (Å²) in [6.07, 6.45) is 0.672. The number of hydrogen-bond acceptors (Lipinski definition) is 2. The van der Waals surface area contributed by atoms with E-state index in [0.717, 1.165) is 13.0 Å². The topological polar surface area (TPSA) is 32.3 Å². The van der Waals surface area contributed by atoms with Gasteiger partial charge in [0.15, 0.2) is 0 Å². The summed E-state index contributed by atoms with van der Waals surface area (Å²) >= 11 is 2.06. The van der Waals surface area contributed by atoms with Gasteiger partial charge >= 0.3 is 0 Å². The van der Waals surface area contributed by atoms with Crippen LogP contribution in [0.1, 0.15) is 13.3 Å². The maximum atomic E-state index is 8.64. The van der Waals surface area contributed by atoms with Crippen LogP contribution >= 0.6 is 22.9 Å². The van der Waals surface area contributed by atoms with Gasteiger partial charge < -0.3 is 5.11 Å². The number of aliphatic hydroxyl groups excluding tert-OH is 1. The molecule has 0 radical (unpaired) electrons. The minimum absolute atomic E-state index is 0.165. The molecule has 0 aliphatic carbocycles. The molecule has 0 bridgehead atoms. The molecule has 0 spiro atoms. The van der Waals surface area contributed by atoms with Crippen molar-refractivity contribution in [1.82, 2.24) is 3.53 Å². The Labute approximate surface area is 57.8 Å². The lowest BCUT2D eigenvalue weighted by atomic mass is 10.3. The highest BCUT2D eigenvalue weighted by molar-refractivity contribution is 14.1. The molecule has 3 heteroatoms. The minimum atomic E-state index is -0.165. The van der Waals surface area contributed by atoms with E-state index in [1.165, 1.54) is 0 Å². The molecule has 2 N–H and O–H groups in total. The summed E-state index contributed by atoms with van der Waals surface area (Å²) < 4.78 is 2.91. The predicted molar refractivity (Wildman–Crippen MR) is 38.3 cm³/mol. The summed E-state index contributed by atoms with van der Waals surface area (Å²) in [6, 6.07) is 0. The zero-order chi connectivity index (χ0) is 5.70. The van der Waals surface area contributed by atoms with Crippen LogP contribution in [-0.4, -0.2) is 17.8 Å². The lowest BCUT2D eigenvalue weighted by molar-refractivity contribution is 0.186. The zero-order valence-electron chi connectivity index (χ0n) is 4.32. The Kier molecular flexibility index (Phi) is 5.25. The molecule has 44 valence electrons. The molecular formula is C4H10INO. The summed E-state index contributed by atoms with van der Waals surface area (Å²) in [5, 5.41) is 8.64. The summed E-state index contributed by atoms with van der Waals surface area (Å²) in [5.74, 6) is 0. The van der Waals surface area contributed by atoms with Crippen LogP contribution < -0.4 is 3.53 Å². The highest BCUT2D eigenvalue weighted by atomic mass is 127. The van der Waals surface area contributed by atoms with Gasteiger partial charge in [0.1, 0.15) is 0 Å². The lowest BCUT2D eigenvalue weighted by Crippen LogP contribution is -2.08. The SMILES string of the molecule is CC(O)CCNI. The van der Waals surface area contributed by atoms with Crippen LogP contribution in [0.25, 0.3) is 0 Å². The minimum Gasteiger partial charge on any atom is -0.393 e. The Bertz CT molecular complexity index is 40.7. The first-order chi connectivity index (χ1) is 3.27. The van der Waals surface area contributed by atoms with Crippen molar-refractivity contribution in [3.63, 3.8) is 0 Å². The second-order valence-electron chi connectivity index (χ2n) is 1.52. The van der Waals surface area contributed by atoms with Crippen molar-refractivity contribution < 1.29 is 5.11 Å². The van der Waals surface area contributed by atoms with E-state index in [2.05, 4.69) is 26.4 Å². The standard InChI is InChI=1S/C4H10INO/c1-4(7)2-3-6-5/h4,6-7H,2-3H2,1H3. The van der Waals surface area contributed by atoms with Crippen LogP contribution in [0.5, 0.6) is 0 Å². The largest absolute Gasteiger partial charge is 0.393 e. The van der Waals surface area contributed by atoms with E-state index in [9.17, 15) is 0 Å². The molecular weight excluding hydrogens is 205 g/mol. The van der Waals surface area contributed by atoms with Gasteiger partial charge in [-0.15, -0.1) is 0 Å². The third kappa shape index (κ3) is 6.65. The number of hydrogen-bond donors (Lipinski definition) is 2. The van der Waals surface area contributed by atoms with Crippen molar-refractivity contribution in [2.45, 2.75) is 19.4 Å². The Morgan fingerprint density at radius 3 is 2.57 bits per heavy atom. The molecule has 1 unspecified atom stereocenters. The Balaban J connectivity index is 2.68. The van der Waals surface area contributed by atoms with Gasteiger partial charge in [-0.1, -0.05) is 0 Å². The maximum Gasteiger partial charge on any atom is 0.0524 e. The van der Waals surface area contributed by atoms with Crippen molar-refractivity contribution >= 4 is 22.9 Å². The van der Waals surface area contributed by atoms with Crippen LogP contribution in [0.2, 0.25) is 0 Å². The monoisotopic (exact) mass is 215 g/mol. The first-order valence-electron chi connectivity index (χ1n) is 2.29. The zero-order valence-corrected chi connectivity index (χ0v) is 6.47. The predicted octanol–water partition coefficient (Wildman–Crippen LogP) is 0.697. The van der Waals surface area contributed by atoms with Crippen molar-refractivity contribution in [2.75, 3.05) is 6.54 Å². The fourth-order valence-electron chi connectivity index (χ4n) is 0.263. The first-order valence-corrected chi connectivity index (χ1v) is 3.37. The number of nitrogens with one attached hydrogen (secondary N) is 1. The van der Waals surface area contributed by atoms with E-state index in [0.29, 0.717) is 0 Å². The quantitative estimate of drug-likeness (QED) is 0.536. The van der Waals surface area contributed by atoms with Crippen molar-refractivity contribution in [3.8, 4) is 0 Å². The number of rotatable bonds is 3. The van der Waals surface area contributed by atoms with Gasteiger partial charge in [-0.25, -0.2) is 0 Å². The molecule has 0 aliphatic heterocycles. The maximum absolute atomic E-state index is 8.64.